The van der Waals surface area contributed by atoms with Gasteiger partial charge < -0.3 is 10.2 Å². The number of carbonyl (C=O) groups excluding carboxylic acids is 2. The Morgan fingerprint density at radius 2 is 1.72 bits per heavy atom. The Morgan fingerprint density at radius 1 is 1.00 bits per heavy atom. The third-order valence-electron chi connectivity index (χ3n) is 7.85. The number of hydrogen-bond acceptors (Lipinski definition) is 5. The van der Waals surface area contributed by atoms with Gasteiger partial charge in [0.1, 0.15) is 0 Å². The summed E-state index contributed by atoms with van der Waals surface area (Å²) in [6, 6.07) is 6.50. The Balaban J connectivity index is 1.23. The van der Waals surface area contributed by atoms with Crippen molar-refractivity contribution < 1.29 is 9.59 Å². The van der Waals surface area contributed by atoms with E-state index in [1.807, 2.05) is 11.7 Å². The molecule has 0 saturated carbocycles. The Labute approximate surface area is 189 Å². The van der Waals surface area contributed by atoms with Crippen molar-refractivity contribution in [1.82, 2.24) is 20.4 Å². The minimum Gasteiger partial charge on any atom is -0.371 e. The van der Waals surface area contributed by atoms with Gasteiger partial charge in [-0.2, -0.15) is 5.10 Å². The number of piperidine rings is 3. The highest BCUT2D eigenvalue weighted by Gasteiger charge is 2.32. The topological polar surface area (TPSA) is 79.3 Å². The minimum absolute atomic E-state index is 0.187. The zero-order valence-electron chi connectivity index (χ0n) is 19.1. The van der Waals surface area contributed by atoms with E-state index in [-0.39, 0.29) is 17.7 Å². The quantitative estimate of drug-likeness (QED) is 0.703. The molecule has 1 unspecified atom stereocenters. The monoisotopic (exact) mass is 437 g/mol. The molecular formula is C25H35N5O2. The van der Waals surface area contributed by atoms with Gasteiger partial charge in [0.25, 0.3) is 0 Å². The average Bonchev–Trinajstić information content (AvgIpc) is 3.14. The number of rotatable bonds is 5. The van der Waals surface area contributed by atoms with Gasteiger partial charge in [-0.15, -0.1) is 0 Å². The lowest BCUT2D eigenvalue weighted by Crippen LogP contribution is -2.39. The molecule has 3 aliphatic rings. The number of benzene rings is 1. The molecule has 0 radical (unpaired) electrons. The molecule has 1 aromatic heterocycles. The standard InChI is InChI=1S/C25H35N5O2/c1-29-22-16-19(4-5-20(22)24(28-29)21-6-7-23(31)27-25(21)32)30-14-10-18(11-15-30)3-2-17-8-12-26-13-9-17/h4-5,16-18,21,26H,2-3,6-15H2,1H3,(H,27,31,32). The van der Waals surface area contributed by atoms with Gasteiger partial charge in [0.05, 0.1) is 17.1 Å². The van der Waals surface area contributed by atoms with E-state index in [0.29, 0.717) is 12.8 Å². The summed E-state index contributed by atoms with van der Waals surface area (Å²) in [5.74, 6) is 1.03. The Bertz CT molecular complexity index is 986. The molecule has 7 heteroatoms. The van der Waals surface area contributed by atoms with Gasteiger partial charge in [-0.25, -0.2) is 0 Å². The SMILES string of the molecule is Cn1nc(C2CCC(=O)NC2=O)c2ccc(N3CCC(CCC4CCNCC4)CC3)cc21. The predicted octanol–water partition coefficient (Wildman–Crippen LogP) is 3.09. The Kier molecular flexibility index (Phi) is 6.17. The number of aryl methyl sites for hydroxylation is 1. The first-order valence-electron chi connectivity index (χ1n) is 12.3. The summed E-state index contributed by atoms with van der Waals surface area (Å²) >= 11 is 0. The summed E-state index contributed by atoms with van der Waals surface area (Å²) in [6.45, 7) is 4.62. The number of carbonyl (C=O) groups is 2. The lowest BCUT2D eigenvalue weighted by atomic mass is 9.85. The van der Waals surface area contributed by atoms with Gasteiger partial charge in [-0.1, -0.05) is 12.8 Å². The second kappa shape index (κ2) is 9.22. The maximum absolute atomic E-state index is 12.4. The van der Waals surface area contributed by atoms with E-state index in [0.717, 1.165) is 41.5 Å². The van der Waals surface area contributed by atoms with Crippen LogP contribution in [0.2, 0.25) is 0 Å². The predicted molar refractivity (Wildman–Crippen MR) is 126 cm³/mol. The third-order valence-corrected chi connectivity index (χ3v) is 7.85. The molecule has 2 aromatic rings. The van der Waals surface area contributed by atoms with Crippen LogP contribution in [0.3, 0.4) is 0 Å². The normalized spacial score (nSPS) is 23.7. The molecule has 4 heterocycles. The van der Waals surface area contributed by atoms with Gasteiger partial charge in [0.2, 0.25) is 11.8 Å². The van der Waals surface area contributed by atoms with E-state index in [1.54, 1.807) is 0 Å². The largest absolute Gasteiger partial charge is 0.371 e. The highest BCUT2D eigenvalue weighted by atomic mass is 16.2. The van der Waals surface area contributed by atoms with Crippen molar-refractivity contribution in [3.63, 3.8) is 0 Å². The van der Waals surface area contributed by atoms with E-state index in [4.69, 9.17) is 0 Å². The summed E-state index contributed by atoms with van der Waals surface area (Å²) in [5.41, 5.74) is 3.08. The smallest absolute Gasteiger partial charge is 0.235 e. The molecule has 32 heavy (non-hydrogen) atoms. The number of anilines is 1. The molecule has 1 aromatic carbocycles. The molecule has 3 aliphatic heterocycles. The van der Waals surface area contributed by atoms with Crippen molar-refractivity contribution in [2.75, 3.05) is 31.1 Å². The van der Waals surface area contributed by atoms with Crippen LogP contribution in [0.25, 0.3) is 10.9 Å². The van der Waals surface area contributed by atoms with Gasteiger partial charge >= 0.3 is 0 Å². The maximum atomic E-state index is 12.4. The number of fused-ring (bicyclic) bond motifs is 1. The van der Waals surface area contributed by atoms with Gasteiger partial charge in [0, 0.05) is 37.6 Å². The van der Waals surface area contributed by atoms with E-state index in [1.165, 1.54) is 57.3 Å². The lowest BCUT2D eigenvalue weighted by molar-refractivity contribution is -0.134. The van der Waals surface area contributed by atoms with Crippen LogP contribution in [0.15, 0.2) is 18.2 Å². The Hall–Kier alpha value is -2.41. The molecule has 3 saturated heterocycles. The maximum Gasteiger partial charge on any atom is 0.235 e. The first-order valence-corrected chi connectivity index (χ1v) is 12.3. The molecule has 0 spiro atoms. The summed E-state index contributed by atoms with van der Waals surface area (Å²) in [5, 5.41) is 11.6. The Morgan fingerprint density at radius 3 is 2.44 bits per heavy atom. The van der Waals surface area contributed by atoms with Crippen molar-refractivity contribution in [1.29, 1.82) is 0 Å². The fourth-order valence-corrected chi connectivity index (χ4v) is 5.80. The van der Waals surface area contributed by atoms with Crippen LogP contribution < -0.4 is 15.5 Å². The molecule has 2 N–H and O–H groups in total. The molecule has 172 valence electrons. The first kappa shape index (κ1) is 21.4. The van der Waals surface area contributed by atoms with Crippen LogP contribution >= 0.6 is 0 Å². The molecule has 5 rings (SSSR count). The number of nitrogens with one attached hydrogen (secondary N) is 2. The van der Waals surface area contributed by atoms with Crippen molar-refractivity contribution in [2.45, 2.75) is 57.3 Å². The van der Waals surface area contributed by atoms with Gasteiger partial charge in [-0.3, -0.25) is 19.6 Å². The lowest BCUT2D eigenvalue weighted by Gasteiger charge is -2.34. The van der Waals surface area contributed by atoms with Crippen LogP contribution in [0.5, 0.6) is 0 Å². The molecule has 3 fully saturated rings. The summed E-state index contributed by atoms with van der Waals surface area (Å²) in [7, 11) is 1.94. The summed E-state index contributed by atoms with van der Waals surface area (Å²) in [4.78, 5) is 26.4. The third kappa shape index (κ3) is 4.40. The van der Waals surface area contributed by atoms with Gasteiger partial charge in [0.15, 0.2) is 0 Å². The molecule has 0 aliphatic carbocycles. The number of aromatic nitrogens is 2. The van der Waals surface area contributed by atoms with Crippen LogP contribution in [-0.4, -0.2) is 47.8 Å². The average molecular weight is 438 g/mol. The molecular weight excluding hydrogens is 402 g/mol. The fourth-order valence-electron chi connectivity index (χ4n) is 5.80. The summed E-state index contributed by atoms with van der Waals surface area (Å²) < 4.78 is 1.88. The molecule has 2 amide bonds. The van der Waals surface area contributed by atoms with Crippen LogP contribution in [0.1, 0.15) is 63.0 Å². The number of amides is 2. The number of nitrogens with zero attached hydrogens (tertiary/aromatic N) is 3. The van der Waals surface area contributed by atoms with Crippen molar-refractivity contribution >= 4 is 28.4 Å². The summed E-state index contributed by atoms with van der Waals surface area (Å²) in [6.07, 6.45) is 8.94. The second-order valence-electron chi connectivity index (χ2n) is 9.92. The highest BCUT2D eigenvalue weighted by Crippen LogP contribution is 2.34. The first-order chi connectivity index (χ1) is 15.6. The van der Waals surface area contributed by atoms with Crippen molar-refractivity contribution in [3.8, 4) is 0 Å². The minimum atomic E-state index is -0.349. The number of hydrogen-bond donors (Lipinski definition) is 2. The van der Waals surface area contributed by atoms with E-state index >= 15 is 0 Å². The molecule has 1 atom stereocenters. The fraction of sp³-hybridized carbons (Fsp3) is 0.640. The highest BCUT2D eigenvalue weighted by molar-refractivity contribution is 6.02. The van der Waals surface area contributed by atoms with Crippen molar-refractivity contribution in [2.24, 2.45) is 18.9 Å². The van der Waals surface area contributed by atoms with Crippen molar-refractivity contribution in [3.05, 3.63) is 23.9 Å². The number of imide groups is 1. The van der Waals surface area contributed by atoms with Crippen LogP contribution in [0.4, 0.5) is 5.69 Å². The zero-order chi connectivity index (χ0) is 22.1. The van der Waals surface area contributed by atoms with Gasteiger partial charge in [-0.05, 0) is 75.2 Å². The second-order valence-corrected chi connectivity index (χ2v) is 9.92. The zero-order valence-corrected chi connectivity index (χ0v) is 19.1. The van der Waals surface area contributed by atoms with Crippen LogP contribution in [-0.2, 0) is 16.6 Å². The molecule has 7 nitrogen and oxygen atoms in total. The van der Waals surface area contributed by atoms with E-state index in [2.05, 4.69) is 38.8 Å². The van der Waals surface area contributed by atoms with E-state index in [9.17, 15) is 9.59 Å². The van der Waals surface area contributed by atoms with E-state index < -0.39 is 0 Å². The molecule has 0 bridgehead atoms. The van der Waals surface area contributed by atoms with Crippen LogP contribution in [0, 0.1) is 11.8 Å².